The minimum absolute atomic E-state index is 0.0718. The van der Waals surface area contributed by atoms with Gasteiger partial charge in [0.1, 0.15) is 5.69 Å². The van der Waals surface area contributed by atoms with Crippen LogP contribution in [0.15, 0.2) is 66.7 Å². The smallest absolute Gasteiger partial charge is 0.268 e. The van der Waals surface area contributed by atoms with E-state index in [1.54, 1.807) is 0 Å². The third-order valence-electron chi connectivity index (χ3n) is 5.03. The Balaban J connectivity index is 1.53. The number of primary amides is 1. The van der Waals surface area contributed by atoms with E-state index in [0.717, 1.165) is 28.6 Å². The lowest BCUT2D eigenvalue weighted by Crippen LogP contribution is -2.15. The number of nitrogens with one attached hydrogen (secondary N) is 1. The fraction of sp³-hybridized carbons (Fsp3) is 0.160. The summed E-state index contributed by atoms with van der Waals surface area (Å²) in [5.41, 5.74) is 8.25. The third kappa shape index (κ3) is 5.01. The highest BCUT2D eigenvalue weighted by atomic mass is 32.1. The van der Waals surface area contributed by atoms with Crippen molar-refractivity contribution in [1.29, 1.82) is 0 Å². The number of Topliss-reactive ketones (excluding diaryl/α,β-unsaturated/α-hetero) is 1. The molecule has 0 aliphatic rings. The molecule has 0 fully saturated rings. The Hall–Kier alpha value is -3.55. The minimum atomic E-state index is -0.642. The van der Waals surface area contributed by atoms with Crippen LogP contribution in [0.5, 0.6) is 0 Å². The average molecular weight is 445 g/mol. The molecule has 1 amide bonds. The van der Waals surface area contributed by atoms with Crippen LogP contribution in [0.25, 0.3) is 10.8 Å². The van der Waals surface area contributed by atoms with Crippen molar-refractivity contribution in [3.8, 4) is 0 Å². The van der Waals surface area contributed by atoms with Crippen molar-refractivity contribution in [2.24, 2.45) is 5.73 Å². The second-order valence-corrected chi connectivity index (χ2v) is 8.96. The number of nitrogens with zero attached hydrogens (tertiary/aromatic N) is 2. The monoisotopic (exact) mass is 444 g/mol. The maximum Gasteiger partial charge on any atom is 0.268 e. The molecule has 1 heterocycles. The summed E-state index contributed by atoms with van der Waals surface area (Å²) in [6.07, 6.45) is 0.0718. The van der Waals surface area contributed by atoms with Crippen LogP contribution in [0.2, 0.25) is 0 Å². The molecular formula is C25H24N4O2S. The molecular weight excluding hydrogens is 420 g/mol. The van der Waals surface area contributed by atoms with Gasteiger partial charge in [0, 0.05) is 29.1 Å². The average Bonchev–Trinajstić information content (AvgIpc) is 3.16. The fourth-order valence-corrected chi connectivity index (χ4v) is 4.50. The Bertz CT molecular complexity index is 1280. The normalized spacial score (nSPS) is 11.1. The van der Waals surface area contributed by atoms with E-state index in [1.165, 1.54) is 11.3 Å². The molecule has 3 N–H and O–H groups in total. The zero-order valence-corrected chi connectivity index (χ0v) is 18.8. The number of fused-ring (bicyclic) bond motifs is 1. The molecule has 0 saturated heterocycles. The molecule has 6 nitrogen and oxygen atoms in total. The summed E-state index contributed by atoms with van der Waals surface area (Å²) in [6.45, 7) is 0.805. The van der Waals surface area contributed by atoms with Gasteiger partial charge in [-0.05, 0) is 42.6 Å². The minimum Gasteiger partial charge on any atom is -0.364 e. The Morgan fingerprint density at radius 1 is 1.00 bits per heavy atom. The van der Waals surface area contributed by atoms with Crippen molar-refractivity contribution in [3.05, 3.63) is 88.4 Å². The number of ketones is 1. The number of hydrogen-bond donors (Lipinski definition) is 2. The van der Waals surface area contributed by atoms with Crippen molar-refractivity contribution < 1.29 is 9.59 Å². The van der Waals surface area contributed by atoms with E-state index >= 15 is 0 Å². The van der Waals surface area contributed by atoms with Crippen LogP contribution in [-0.2, 0) is 13.0 Å². The summed E-state index contributed by atoms with van der Waals surface area (Å²) in [6, 6.07) is 21.6. The van der Waals surface area contributed by atoms with Crippen molar-refractivity contribution in [2.45, 2.75) is 13.0 Å². The maximum absolute atomic E-state index is 12.8. The van der Waals surface area contributed by atoms with E-state index in [9.17, 15) is 9.59 Å². The van der Waals surface area contributed by atoms with Crippen LogP contribution in [0.3, 0.4) is 0 Å². The SMILES string of the molecule is CN(C)Cc1ccc(C(=O)Cc2sc(Nc3ccc4ccccc4c3)nc2C(N)=O)cc1. The molecule has 4 aromatic rings. The topological polar surface area (TPSA) is 88.3 Å². The molecule has 4 rings (SSSR count). The predicted octanol–water partition coefficient (Wildman–Crippen LogP) is 4.63. The van der Waals surface area contributed by atoms with Crippen LogP contribution in [-0.4, -0.2) is 35.7 Å². The number of amides is 1. The standard InChI is InChI=1S/C25H24N4O2S/c1-29(2)15-16-7-9-18(10-8-16)21(30)14-22-23(24(26)31)28-25(32-22)27-20-12-11-17-5-3-4-6-19(17)13-20/h3-13H,14-15H2,1-2H3,(H2,26,31)(H,27,28). The Morgan fingerprint density at radius 3 is 2.41 bits per heavy atom. The largest absolute Gasteiger partial charge is 0.364 e. The summed E-state index contributed by atoms with van der Waals surface area (Å²) in [7, 11) is 4.00. The quantitative estimate of drug-likeness (QED) is 0.387. The van der Waals surface area contributed by atoms with Gasteiger partial charge >= 0.3 is 0 Å². The number of carbonyl (C=O) groups is 2. The first-order valence-corrected chi connectivity index (χ1v) is 11.0. The number of rotatable bonds is 8. The summed E-state index contributed by atoms with van der Waals surface area (Å²) in [4.78, 5) is 31.8. The van der Waals surface area contributed by atoms with Crippen LogP contribution < -0.4 is 11.1 Å². The molecule has 0 spiro atoms. The van der Waals surface area contributed by atoms with Gasteiger partial charge < -0.3 is 16.0 Å². The van der Waals surface area contributed by atoms with Gasteiger partial charge in [0.15, 0.2) is 10.9 Å². The van der Waals surface area contributed by atoms with E-state index in [1.807, 2.05) is 80.8 Å². The first-order chi connectivity index (χ1) is 15.4. The van der Waals surface area contributed by atoms with E-state index in [0.29, 0.717) is 15.6 Å². The fourth-order valence-electron chi connectivity index (χ4n) is 3.52. The number of carbonyl (C=O) groups excluding carboxylic acids is 2. The van der Waals surface area contributed by atoms with Gasteiger partial charge in [0.05, 0.1) is 0 Å². The molecule has 32 heavy (non-hydrogen) atoms. The molecule has 0 aliphatic carbocycles. The number of benzene rings is 3. The van der Waals surface area contributed by atoms with Gasteiger partial charge in [-0.2, -0.15) is 0 Å². The molecule has 0 radical (unpaired) electrons. The molecule has 0 bridgehead atoms. The Labute approximate surface area is 190 Å². The lowest BCUT2D eigenvalue weighted by Gasteiger charge is -2.09. The first kappa shape index (κ1) is 21.7. The lowest BCUT2D eigenvalue weighted by atomic mass is 10.0. The van der Waals surface area contributed by atoms with Gasteiger partial charge in [-0.25, -0.2) is 4.98 Å². The van der Waals surface area contributed by atoms with Gasteiger partial charge in [-0.15, -0.1) is 11.3 Å². The molecule has 0 aliphatic heterocycles. The zero-order valence-electron chi connectivity index (χ0n) is 18.0. The number of aromatic nitrogens is 1. The molecule has 0 atom stereocenters. The van der Waals surface area contributed by atoms with E-state index in [-0.39, 0.29) is 17.9 Å². The van der Waals surface area contributed by atoms with Crippen LogP contribution in [0.4, 0.5) is 10.8 Å². The molecule has 7 heteroatoms. The van der Waals surface area contributed by atoms with Gasteiger partial charge in [-0.1, -0.05) is 54.6 Å². The second-order valence-electron chi connectivity index (χ2n) is 7.88. The highest BCUT2D eigenvalue weighted by Crippen LogP contribution is 2.29. The highest BCUT2D eigenvalue weighted by Gasteiger charge is 2.19. The number of hydrogen-bond acceptors (Lipinski definition) is 6. The molecule has 1 aromatic heterocycles. The van der Waals surface area contributed by atoms with Gasteiger partial charge in [0.2, 0.25) is 0 Å². The first-order valence-electron chi connectivity index (χ1n) is 10.2. The van der Waals surface area contributed by atoms with Crippen LogP contribution in [0.1, 0.15) is 31.3 Å². The van der Waals surface area contributed by atoms with Gasteiger partial charge in [0.25, 0.3) is 5.91 Å². The van der Waals surface area contributed by atoms with Crippen molar-refractivity contribution in [2.75, 3.05) is 19.4 Å². The van der Waals surface area contributed by atoms with Crippen molar-refractivity contribution >= 4 is 44.6 Å². The number of thiazole rings is 1. The van der Waals surface area contributed by atoms with Crippen molar-refractivity contribution in [1.82, 2.24) is 9.88 Å². The third-order valence-corrected chi connectivity index (χ3v) is 6.00. The summed E-state index contributed by atoms with van der Waals surface area (Å²) in [5, 5.41) is 5.99. The summed E-state index contributed by atoms with van der Waals surface area (Å²) >= 11 is 1.27. The highest BCUT2D eigenvalue weighted by molar-refractivity contribution is 7.16. The molecule has 0 unspecified atom stereocenters. The Morgan fingerprint density at radius 2 is 1.72 bits per heavy atom. The summed E-state index contributed by atoms with van der Waals surface area (Å²) in [5.74, 6) is -0.721. The van der Waals surface area contributed by atoms with E-state index in [4.69, 9.17) is 5.73 Å². The Kier molecular flexibility index (Phi) is 6.30. The number of nitrogens with two attached hydrogens (primary N) is 1. The summed E-state index contributed by atoms with van der Waals surface area (Å²) < 4.78 is 0. The molecule has 0 saturated carbocycles. The lowest BCUT2D eigenvalue weighted by molar-refractivity contribution is 0.0991. The second kappa shape index (κ2) is 9.30. The number of anilines is 2. The van der Waals surface area contributed by atoms with Crippen LogP contribution >= 0.6 is 11.3 Å². The predicted molar refractivity (Wildman–Crippen MR) is 130 cm³/mol. The van der Waals surface area contributed by atoms with E-state index < -0.39 is 5.91 Å². The molecule has 3 aromatic carbocycles. The zero-order chi connectivity index (χ0) is 22.7. The van der Waals surface area contributed by atoms with E-state index in [2.05, 4.69) is 15.2 Å². The molecule has 162 valence electrons. The van der Waals surface area contributed by atoms with Crippen LogP contribution in [0, 0.1) is 0 Å². The van der Waals surface area contributed by atoms with Gasteiger partial charge in [-0.3, -0.25) is 9.59 Å². The van der Waals surface area contributed by atoms with Crippen molar-refractivity contribution in [3.63, 3.8) is 0 Å². The maximum atomic E-state index is 12.8.